The van der Waals surface area contributed by atoms with Crippen LogP contribution in [0.25, 0.3) is 11.0 Å². The van der Waals surface area contributed by atoms with E-state index >= 15 is 0 Å². The number of aryl methyl sites for hydroxylation is 1. The number of aromatic nitrogens is 2. The molecule has 1 aromatic heterocycles. The van der Waals surface area contributed by atoms with Crippen LogP contribution >= 0.6 is 0 Å². The van der Waals surface area contributed by atoms with Crippen molar-refractivity contribution in [2.75, 3.05) is 19.8 Å². The molecule has 0 spiro atoms. The summed E-state index contributed by atoms with van der Waals surface area (Å²) in [7, 11) is 0. The minimum Gasteiger partial charge on any atom is -0.381 e. The lowest BCUT2D eigenvalue weighted by Crippen LogP contribution is -2.35. The Kier molecular flexibility index (Phi) is 4.29. The highest BCUT2D eigenvalue weighted by atomic mass is 16.5. The smallest absolute Gasteiger partial charge is 0.329 e. The first-order valence-electron chi connectivity index (χ1n) is 7.73. The number of para-hydroxylation sites is 2. The van der Waals surface area contributed by atoms with Crippen LogP contribution < -0.4 is 11.0 Å². The molecule has 1 amide bonds. The van der Waals surface area contributed by atoms with Crippen molar-refractivity contribution in [3.8, 4) is 0 Å². The zero-order valence-electron chi connectivity index (χ0n) is 12.7. The fraction of sp³-hybridized carbons (Fsp3) is 0.500. The molecular weight excluding hydrogens is 282 g/mol. The number of imidazole rings is 1. The molecule has 118 valence electrons. The lowest BCUT2D eigenvalue weighted by Gasteiger charge is -2.09. The van der Waals surface area contributed by atoms with E-state index in [0.717, 1.165) is 24.1 Å². The SMILES string of the molecule is CCn1c(=O)n(CC(=O)NC[C@H]2CCOC2)c2ccccc21. The molecule has 1 aliphatic rings. The van der Waals surface area contributed by atoms with Gasteiger partial charge in [0.2, 0.25) is 5.91 Å². The quantitative estimate of drug-likeness (QED) is 0.895. The summed E-state index contributed by atoms with van der Waals surface area (Å²) in [6, 6.07) is 7.57. The molecule has 2 heterocycles. The number of ether oxygens (including phenoxy) is 1. The van der Waals surface area contributed by atoms with Crippen LogP contribution in [0.2, 0.25) is 0 Å². The Labute approximate surface area is 128 Å². The van der Waals surface area contributed by atoms with Gasteiger partial charge in [0.15, 0.2) is 0 Å². The molecule has 6 heteroatoms. The largest absolute Gasteiger partial charge is 0.381 e. The van der Waals surface area contributed by atoms with Crippen LogP contribution in [-0.2, 0) is 22.6 Å². The Balaban J connectivity index is 1.77. The van der Waals surface area contributed by atoms with Gasteiger partial charge in [-0.2, -0.15) is 0 Å². The van der Waals surface area contributed by atoms with Crippen LogP contribution in [0.4, 0.5) is 0 Å². The maximum Gasteiger partial charge on any atom is 0.329 e. The summed E-state index contributed by atoms with van der Waals surface area (Å²) < 4.78 is 8.52. The first-order chi connectivity index (χ1) is 10.7. The third-order valence-electron chi connectivity index (χ3n) is 4.15. The van der Waals surface area contributed by atoms with Gasteiger partial charge >= 0.3 is 5.69 Å². The van der Waals surface area contributed by atoms with Gasteiger partial charge < -0.3 is 10.1 Å². The van der Waals surface area contributed by atoms with Gasteiger partial charge in [0.25, 0.3) is 0 Å². The number of hydrogen-bond donors (Lipinski definition) is 1. The zero-order valence-corrected chi connectivity index (χ0v) is 12.7. The van der Waals surface area contributed by atoms with Crippen molar-refractivity contribution in [2.24, 2.45) is 5.92 Å². The maximum atomic E-state index is 12.4. The number of nitrogens with one attached hydrogen (secondary N) is 1. The van der Waals surface area contributed by atoms with E-state index < -0.39 is 0 Å². The Hall–Kier alpha value is -2.08. The van der Waals surface area contributed by atoms with Crippen molar-refractivity contribution >= 4 is 16.9 Å². The Morgan fingerprint density at radius 3 is 2.68 bits per heavy atom. The van der Waals surface area contributed by atoms with E-state index in [0.29, 0.717) is 25.6 Å². The van der Waals surface area contributed by atoms with Crippen LogP contribution in [0.3, 0.4) is 0 Å². The lowest BCUT2D eigenvalue weighted by molar-refractivity contribution is -0.121. The van der Waals surface area contributed by atoms with Gasteiger partial charge in [0.1, 0.15) is 6.54 Å². The van der Waals surface area contributed by atoms with Crippen LogP contribution in [-0.4, -0.2) is 34.8 Å². The Bertz CT molecular complexity index is 726. The fourth-order valence-corrected chi connectivity index (χ4v) is 2.93. The molecule has 0 saturated carbocycles. The third kappa shape index (κ3) is 2.78. The molecule has 1 atom stereocenters. The van der Waals surface area contributed by atoms with Gasteiger partial charge in [-0.25, -0.2) is 4.79 Å². The van der Waals surface area contributed by atoms with E-state index in [-0.39, 0.29) is 18.1 Å². The third-order valence-corrected chi connectivity index (χ3v) is 4.15. The minimum absolute atomic E-state index is 0.0555. The van der Waals surface area contributed by atoms with Gasteiger partial charge in [-0.3, -0.25) is 13.9 Å². The van der Waals surface area contributed by atoms with Crippen molar-refractivity contribution in [3.63, 3.8) is 0 Å². The predicted octanol–water partition coefficient (Wildman–Crippen LogP) is 0.976. The van der Waals surface area contributed by atoms with E-state index in [1.54, 1.807) is 9.13 Å². The van der Waals surface area contributed by atoms with Crippen molar-refractivity contribution < 1.29 is 9.53 Å². The summed E-state index contributed by atoms with van der Waals surface area (Å²) in [6.07, 6.45) is 0.982. The average molecular weight is 303 g/mol. The monoisotopic (exact) mass is 303 g/mol. The fourth-order valence-electron chi connectivity index (χ4n) is 2.93. The number of carbonyl (C=O) groups is 1. The molecule has 2 aromatic rings. The van der Waals surface area contributed by atoms with Crippen LogP contribution in [0.1, 0.15) is 13.3 Å². The van der Waals surface area contributed by atoms with Crippen molar-refractivity contribution in [2.45, 2.75) is 26.4 Å². The molecule has 3 rings (SSSR count). The number of nitrogens with zero attached hydrogens (tertiary/aromatic N) is 2. The van der Waals surface area contributed by atoms with Crippen molar-refractivity contribution in [3.05, 3.63) is 34.7 Å². The first kappa shape index (κ1) is 14.8. The molecule has 6 nitrogen and oxygen atoms in total. The first-order valence-corrected chi connectivity index (χ1v) is 7.73. The van der Waals surface area contributed by atoms with Gasteiger partial charge in [-0.05, 0) is 25.5 Å². The highest BCUT2D eigenvalue weighted by Crippen LogP contribution is 2.13. The molecular formula is C16H21N3O3. The molecule has 0 radical (unpaired) electrons. The summed E-state index contributed by atoms with van der Waals surface area (Å²) in [5.41, 5.74) is 1.53. The van der Waals surface area contributed by atoms with Crippen LogP contribution in [0.15, 0.2) is 29.1 Å². The Morgan fingerprint density at radius 2 is 2.05 bits per heavy atom. The van der Waals surface area contributed by atoms with E-state index in [2.05, 4.69) is 5.32 Å². The van der Waals surface area contributed by atoms with Gasteiger partial charge in [-0.15, -0.1) is 0 Å². The highest BCUT2D eigenvalue weighted by Gasteiger charge is 2.18. The van der Waals surface area contributed by atoms with Gasteiger partial charge in [0, 0.05) is 25.6 Å². The highest BCUT2D eigenvalue weighted by molar-refractivity contribution is 5.80. The van der Waals surface area contributed by atoms with Gasteiger partial charge in [-0.1, -0.05) is 12.1 Å². The number of amides is 1. The molecule has 0 bridgehead atoms. The molecule has 1 saturated heterocycles. The number of benzene rings is 1. The molecule has 1 fully saturated rings. The number of rotatable bonds is 5. The molecule has 1 N–H and O–H groups in total. The maximum absolute atomic E-state index is 12.4. The second-order valence-corrected chi connectivity index (χ2v) is 5.64. The number of carbonyl (C=O) groups excluding carboxylic acids is 1. The van der Waals surface area contributed by atoms with Crippen molar-refractivity contribution in [1.82, 2.24) is 14.5 Å². The second-order valence-electron chi connectivity index (χ2n) is 5.64. The van der Waals surface area contributed by atoms with Crippen LogP contribution in [0, 0.1) is 5.92 Å². The summed E-state index contributed by atoms with van der Waals surface area (Å²) in [4.78, 5) is 24.6. The summed E-state index contributed by atoms with van der Waals surface area (Å²) >= 11 is 0. The lowest BCUT2D eigenvalue weighted by atomic mass is 10.1. The van der Waals surface area contributed by atoms with E-state index in [4.69, 9.17) is 4.74 Å². The number of fused-ring (bicyclic) bond motifs is 1. The predicted molar refractivity (Wildman–Crippen MR) is 83.8 cm³/mol. The molecule has 22 heavy (non-hydrogen) atoms. The zero-order chi connectivity index (χ0) is 15.5. The van der Waals surface area contributed by atoms with E-state index in [9.17, 15) is 9.59 Å². The molecule has 1 aliphatic heterocycles. The standard InChI is InChI=1S/C16H21N3O3/c1-2-18-13-5-3-4-6-14(13)19(16(18)21)10-15(20)17-9-12-7-8-22-11-12/h3-6,12H,2,7-11H2,1H3,(H,17,20)/t12-/m1/s1. The second kappa shape index (κ2) is 6.36. The average Bonchev–Trinajstić information content (AvgIpc) is 3.13. The van der Waals surface area contributed by atoms with E-state index in [1.165, 1.54) is 0 Å². The molecule has 0 unspecified atom stereocenters. The summed E-state index contributed by atoms with van der Waals surface area (Å²) in [5, 5.41) is 2.90. The normalized spacial score (nSPS) is 18.0. The summed E-state index contributed by atoms with van der Waals surface area (Å²) in [6.45, 7) is 4.66. The Morgan fingerprint density at radius 1 is 1.32 bits per heavy atom. The molecule has 0 aliphatic carbocycles. The van der Waals surface area contributed by atoms with Gasteiger partial charge in [0.05, 0.1) is 17.6 Å². The number of hydrogen-bond acceptors (Lipinski definition) is 3. The van der Waals surface area contributed by atoms with E-state index in [1.807, 2.05) is 31.2 Å². The summed E-state index contributed by atoms with van der Waals surface area (Å²) in [5.74, 6) is 0.255. The minimum atomic E-state index is -0.136. The van der Waals surface area contributed by atoms with Crippen molar-refractivity contribution in [1.29, 1.82) is 0 Å². The molecule has 1 aromatic carbocycles. The van der Waals surface area contributed by atoms with Crippen LogP contribution in [0.5, 0.6) is 0 Å². The topological polar surface area (TPSA) is 65.3 Å².